The average Bonchev–Trinajstić information content (AvgIpc) is 3.08. The number of esters is 1. The number of carbonyl (C=O) groups excluding carboxylic acids is 2. The van der Waals surface area contributed by atoms with Crippen LogP contribution in [0.5, 0.6) is 17.2 Å². The standard InChI is InChI=1S/C20H24Cl2N2O4S.C19H23NO6S/c1-6-24(7-2)20(26)14-10-15(16(21)17(22)18(14)25)23-29(27,28)19-12(4)8-11(3)9-13(19)5;1-6-26-19(22)14-9-15(17(25-5)10-16(14)21)20-27(23,24)18-12(3)7-11(2)8-13(18)4/h8-10,23,25H,6-7H2,1-5H3;7-10,20-21H,6H2,1-5H3. The number of aryl methyl sites for hydroxylation is 6. The van der Waals surface area contributed by atoms with Crippen molar-refractivity contribution >= 4 is 66.5 Å². The van der Waals surface area contributed by atoms with E-state index in [0.717, 1.165) is 11.1 Å². The van der Waals surface area contributed by atoms with Crippen molar-refractivity contribution in [2.45, 2.75) is 72.1 Å². The molecule has 0 aromatic heterocycles. The van der Waals surface area contributed by atoms with Crippen LogP contribution >= 0.6 is 23.2 Å². The molecule has 304 valence electrons. The largest absolute Gasteiger partial charge is 0.507 e. The third-order valence-electron chi connectivity index (χ3n) is 8.51. The van der Waals surface area contributed by atoms with Crippen LogP contribution in [0, 0.1) is 41.5 Å². The lowest BCUT2D eigenvalue weighted by Gasteiger charge is -2.21. The van der Waals surface area contributed by atoms with Gasteiger partial charge in [0.1, 0.15) is 27.8 Å². The molecular weight excluding hydrogens is 805 g/mol. The van der Waals surface area contributed by atoms with Gasteiger partial charge in [-0.25, -0.2) is 21.6 Å². The normalized spacial score (nSPS) is 11.3. The monoisotopic (exact) mass is 851 g/mol. The summed E-state index contributed by atoms with van der Waals surface area (Å²) in [5.74, 6) is -2.02. The topological polar surface area (TPSA) is 189 Å². The van der Waals surface area contributed by atoms with Gasteiger partial charge in [-0.2, -0.15) is 0 Å². The van der Waals surface area contributed by atoms with Crippen LogP contribution in [0.3, 0.4) is 0 Å². The van der Waals surface area contributed by atoms with Crippen molar-refractivity contribution in [1.29, 1.82) is 0 Å². The van der Waals surface area contributed by atoms with Crippen LogP contribution in [0.15, 0.2) is 52.3 Å². The van der Waals surface area contributed by atoms with E-state index in [-0.39, 0.29) is 60.4 Å². The number of aromatic hydroxyl groups is 2. The molecule has 0 fully saturated rings. The number of amides is 1. The zero-order chi connectivity index (χ0) is 42.4. The van der Waals surface area contributed by atoms with Crippen LogP contribution in [0.1, 0.15) is 74.9 Å². The van der Waals surface area contributed by atoms with Crippen molar-refractivity contribution in [2.24, 2.45) is 0 Å². The predicted octanol–water partition coefficient (Wildman–Crippen LogP) is 8.21. The summed E-state index contributed by atoms with van der Waals surface area (Å²) < 4.78 is 67.0. The molecule has 0 spiro atoms. The molecule has 0 aliphatic heterocycles. The van der Waals surface area contributed by atoms with E-state index in [2.05, 4.69) is 9.44 Å². The Morgan fingerprint density at radius 2 is 1.11 bits per heavy atom. The molecule has 4 aromatic carbocycles. The van der Waals surface area contributed by atoms with E-state index in [0.29, 0.717) is 35.3 Å². The number of carbonyl (C=O) groups is 2. The summed E-state index contributed by atoms with van der Waals surface area (Å²) in [7, 11) is -6.64. The number of sulfonamides is 2. The van der Waals surface area contributed by atoms with E-state index in [4.69, 9.17) is 32.7 Å². The van der Waals surface area contributed by atoms with Crippen molar-refractivity contribution in [3.8, 4) is 17.2 Å². The average molecular weight is 853 g/mol. The van der Waals surface area contributed by atoms with Gasteiger partial charge in [0.15, 0.2) is 0 Å². The maximum atomic E-state index is 13.1. The molecular formula is C39H47Cl2N3O10S2. The number of benzene rings is 4. The predicted molar refractivity (Wildman–Crippen MR) is 219 cm³/mol. The Kier molecular flexibility index (Phi) is 15.1. The first-order valence-electron chi connectivity index (χ1n) is 17.3. The van der Waals surface area contributed by atoms with E-state index in [1.54, 1.807) is 72.7 Å². The Bertz CT molecular complexity index is 2330. The van der Waals surface area contributed by atoms with Crippen molar-refractivity contribution in [3.05, 3.63) is 97.0 Å². The van der Waals surface area contributed by atoms with Gasteiger partial charge in [0.2, 0.25) is 0 Å². The van der Waals surface area contributed by atoms with E-state index in [9.17, 15) is 36.6 Å². The summed E-state index contributed by atoms with van der Waals surface area (Å²) >= 11 is 12.3. The fraction of sp³-hybridized carbons (Fsp3) is 0.333. The lowest BCUT2D eigenvalue weighted by atomic mass is 10.1. The number of halogens is 2. The van der Waals surface area contributed by atoms with Crippen LogP contribution in [0.2, 0.25) is 10.0 Å². The van der Waals surface area contributed by atoms with Crippen molar-refractivity contribution in [2.75, 3.05) is 36.3 Å². The molecule has 4 rings (SSSR count). The van der Waals surface area contributed by atoms with Gasteiger partial charge >= 0.3 is 5.97 Å². The van der Waals surface area contributed by atoms with E-state index in [1.807, 2.05) is 13.8 Å². The number of phenolic OH excluding ortho intramolecular Hbond substituents is 2. The number of hydrogen-bond acceptors (Lipinski definition) is 10. The van der Waals surface area contributed by atoms with Crippen molar-refractivity contribution in [1.82, 2.24) is 4.90 Å². The second-order valence-electron chi connectivity index (χ2n) is 12.9. The minimum absolute atomic E-state index is 0.0257. The minimum atomic E-state index is -4.02. The summed E-state index contributed by atoms with van der Waals surface area (Å²) in [5.41, 5.74) is 3.91. The maximum absolute atomic E-state index is 13.1. The van der Waals surface area contributed by atoms with Gasteiger partial charge < -0.3 is 24.6 Å². The van der Waals surface area contributed by atoms with Gasteiger partial charge in [-0.05, 0) is 96.7 Å². The molecule has 56 heavy (non-hydrogen) atoms. The lowest BCUT2D eigenvalue weighted by molar-refractivity contribution is 0.0522. The van der Waals surface area contributed by atoms with Gasteiger partial charge in [-0.1, -0.05) is 58.6 Å². The smallest absolute Gasteiger partial charge is 0.341 e. The Morgan fingerprint density at radius 3 is 1.52 bits per heavy atom. The highest BCUT2D eigenvalue weighted by atomic mass is 35.5. The van der Waals surface area contributed by atoms with Crippen LogP contribution in [-0.2, 0) is 24.8 Å². The number of phenols is 2. The highest BCUT2D eigenvalue weighted by molar-refractivity contribution is 7.93. The molecule has 0 saturated heterocycles. The molecule has 0 heterocycles. The van der Waals surface area contributed by atoms with Crippen LogP contribution in [0.4, 0.5) is 11.4 Å². The minimum Gasteiger partial charge on any atom is -0.507 e. The molecule has 13 nitrogen and oxygen atoms in total. The highest BCUT2D eigenvalue weighted by Crippen LogP contribution is 2.41. The Labute approximate surface area is 338 Å². The SMILES string of the molecule is CCN(CC)C(=O)c1cc(NS(=O)(=O)c2c(C)cc(C)cc2C)c(Cl)c(Cl)c1O.CCOC(=O)c1cc(NS(=O)(=O)c2c(C)cc(C)cc2C)c(OC)cc1O. The number of nitrogens with zero attached hydrogens (tertiary/aromatic N) is 1. The summed E-state index contributed by atoms with van der Waals surface area (Å²) in [4.78, 5) is 26.5. The molecule has 4 aromatic rings. The number of ether oxygens (including phenoxy) is 2. The quantitative estimate of drug-likeness (QED) is 0.0799. The van der Waals surface area contributed by atoms with Crippen molar-refractivity contribution < 1.29 is 46.1 Å². The lowest BCUT2D eigenvalue weighted by Crippen LogP contribution is -2.30. The summed E-state index contributed by atoms with van der Waals surface area (Å²) in [6, 6.07) is 10.7. The van der Waals surface area contributed by atoms with Gasteiger partial charge in [-0.3, -0.25) is 14.2 Å². The highest BCUT2D eigenvalue weighted by Gasteiger charge is 2.27. The number of rotatable bonds is 12. The third kappa shape index (κ3) is 10.2. The third-order valence-corrected chi connectivity index (χ3v) is 12.7. The van der Waals surface area contributed by atoms with Gasteiger partial charge in [0.05, 0.1) is 45.5 Å². The first kappa shape index (κ1) is 45.7. The second-order valence-corrected chi connectivity index (χ2v) is 16.9. The van der Waals surface area contributed by atoms with Crippen LogP contribution in [0.25, 0.3) is 0 Å². The van der Waals surface area contributed by atoms with Gasteiger partial charge in [-0.15, -0.1) is 0 Å². The molecule has 0 saturated carbocycles. The Balaban J connectivity index is 0.000000301. The van der Waals surface area contributed by atoms with E-state index in [1.165, 1.54) is 30.2 Å². The molecule has 0 atom stereocenters. The molecule has 0 aliphatic carbocycles. The van der Waals surface area contributed by atoms with Crippen LogP contribution < -0.4 is 14.2 Å². The maximum Gasteiger partial charge on any atom is 0.341 e. The van der Waals surface area contributed by atoms with E-state index < -0.39 is 37.7 Å². The fourth-order valence-corrected chi connectivity index (χ4v) is 9.78. The zero-order valence-electron chi connectivity index (χ0n) is 32.8. The summed E-state index contributed by atoms with van der Waals surface area (Å²) in [6.45, 7) is 16.8. The number of anilines is 2. The van der Waals surface area contributed by atoms with Gasteiger partial charge in [0.25, 0.3) is 26.0 Å². The molecule has 0 radical (unpaired) electrons. The summed E-state index contributed by atoms with van der Waals surface area (Å²) in [6.07, 6.45) is 0. The number of methoxy groups -OCH3 is 1. The Hall–Kier alpha value is -4.70. The van der Waals surface area contributed by atoms with Gasteiger partial charge in [0, 0.05) is 19.2 Å². The Morgan fingerprint density at radius 1 is 0.679 bits per heavy atom. The number of nitrogens with one attached hydrogen (secondary N) is 2. The molecule has 1 amide bonds. The fourth-order valence-electron chi connectivity index (χ4n) is 6.30. The second kappa shape index (κ2) is 18.5. The van der Waals surface area contributed by atoms with Crippen LogP contribution in [-0.4, -0.2) is 70.6 Å². The first-order chi connectivity index (χ1) is 26.0. The van der Waals surface area contributed by atoms with Crippen molar-refractivity contribution in [3.63, 3.8) is 0 Å². The first-order valence-corrected chi connectivity index (χ1v) is 21.1. The molecule has 4 N–H and O–H groups in total. The molecule has 0 aliphatic rings. The molecule has 17 heteroatoms. The zero-order valence-corrected chi connectivity index (χ0v) is 36.0. The number of hydrogen-bond donors (Lipinski definition) is 4. The van der Waals surface area contributed by atoms with E-state index >= 15 is 0 Å². The molecule has 0 bridgehead atoms. The summed E-state index contributed by atoms with van der Waals surface area (Å²) in [5, 5.41) is 19.8. The molecule has 0 unspecified atom stereocenters.